The number of rotatable bonds is 9. The van der Waals surface area contributed by atoms with Crippen LogP contribution in [0.1, 0.15) is 80.0 Å². The Labute approximate surface area is 220 Å². The minimum absolute atomic E-state index is 0.0613. The van der Waals surface area contributed by atoms with Crippen LogP contribution in [0.5, 0.6) is 0 Å². The highest BCUT2D eigenvalue weighted by Gasteiger charge is 2.28. The molecule has 4 aromatic rings. The Bertz CT molecular complexity index is 1480. The fourth-order valence-corrected chi connectivity index (χ4v) is 5.00. The van der Waals surface area contributed by atoms with Gasteiger partial charge in [-0.15, -0.1) is 10.2 Å². The van der Waals surface area contributed by atoms with Crippen molar-refractivity contribution in [3.8, 4) is 0 Å². The van der Waals surface area contributed by atoms with Gasteiger partial charge >= 0.3 is 0 Å². The standard InChI is InChI=1S/C29H31N5O4/c1-2-3-15-25(30)31-28(36)27(23(35)16-19-11-8-10-18-9-4-5-12-20(18)19)29-33-32-26(37-29)17-22-21-13-6-7-14-24(21)38-34-22/h4-7,9,12-14,19,35H,2-3,8,10-11,15-17H2,1H3,(H2,30,31,36)/t19-/m1/s1. The molecule has 0 saturated heterocycles. The quantitative estimate of drug-likeness (QED) is 0.110. The summed E-state index contributed by atoms with van der Waals surface area (Å²) in [5.41, 5.74) is 3.64. The molecular formula is C29H31N5O4. The zero-order valence-corrected chi connectivity index (χ0v) is 21.4. The smallest absolute Gasteiger partial charge is 0.265 e. The van der Waals surface area contributed by atoms with Gasteiger partial charge in [-0.1, -0.05) is 54.9 Å². The van der Waals surface area contributed by atoms with E-state index in [1.165, 1.54) is 11.1 Å². The summed E-state index contributed by atoms with van der Waals surface area (Å²) in [6.07, 6.45) is 5.49. The van der Waals surface area contributed by atoms with E-state index in [0.717, 1.165) is 37.5 Å². The number of aryl methyl sites for hydroxylation is 1. The summed E-state index contributed by atoms with van der Waals surface area (Å²) in [7, 11) is 0. The molecule has 0 radical (unpaired) electrons. The Morgan fingerprint density at radius 2 is 1.97 bits per heavy atom. The van der Waals surface area contributed by atoms with Crippen molar-refractivity contribution >= 4 is 28.3 Å². The van der Waals surface area contributed by atoms with Crippen molar-refractivity contribution in [1.29, 1.82) is 5.41 Å². The van der Waals surface area contributed by atoms with Crippen LogP contribution in [0.4, 0.5) is 0 Å². The Morgan fingerprint density at radius 3 is 2.84 bits per heavy atom. The van der Waals surface area contributed by atoms with Crippen molar-refractivity contribution in [2.24, 2.45) is 0 Å². The highest BCUT2D eigenvalue weighted by Crippen LogP contribution is 2.37. The monoisotopic (exact) mass is 513 g/mol. The number of amides is 1. The minimum Gasteiger partial charge on any atom is -0.511 e. The van der Waals surface area contributed by atoms with Crippen LogP contribution < -0.4 is 5.32 Å². The number of hydrogen-bond acceptors (Lipinski definition) is 8. The molecule has 5 rings (SSSR count). The van der Waals surface area contributed by atoms with Crippen LogP contribution in [0.15, 0.2) is 63.2 Å². The summed E-state index contributed by atoms with van der Waals surface area (Å²) in [6.45, 7) is 2.02. The topological polar surface area (TPSA) is 138 Å². The molecule has 0 unspecified atom stereocenters. The molecule has 38 heavy (non-hydrogen) atoms. The summed E-state index contributed by atoms with van der Waals surface area (Å²) < 4.78 is 11.2. The average Bonchev–Trinajstić information content (AvgIpc) is 3.55. The summed E-state index contributed by atoms with van der Waals surface area (Å²) in [4.78, 5) is 13.3. The molecule has 0 aliphatic heterocycles. The molecule has 9 heteroatoms. The number of hydrogen-bond donors (Lipinski definition) is 3. The van der Waals surface area contributed by atoms with E-state index in [9.17, 15) is 9.90 Å². The van der Waals surface area contributed by atoms with Crippen molar-refractivity contribution in [2.75, 3.05) is 0 Å². The van der Waals surface area contributed by atoms with Gasteiger partial charge in [0.25, 0.3) is 11.8 Å². The first-order chi connectivity index (χ1) is 18.5. The molecule has 1 aliphatic rings. The van der Waals surface area contributed by atoms with E-state index in [0.29, 0.717) is 17.7 Å². The van der Waals surface area contributed by atoms with E-state index < -0.39 is 5.91 Å². The predicted molar refractivity (Wildman–Crippen MR) is 143 cm³/mol. The zero-order chi connectivity index (χ0) is 26.5. The Balaban J connectivity index is 1.44. The third-order valence-corrected chi connectivity index (χ3v) is 6.95. The molecule has 2 heterocycles. The number of aliphatic hydroxyl groups is 1. The summed E-state index contributed by atoms with van der Waals surface area (Å²) >= 11 is 0. The lowest BCUT2D eigenvalue weighted by molar-refractivity contribution is -0.114. The first kappa shape index (κ1) is 25.4. The Hall–Kier alpha value is -4.27. The number of nitrogens with one attached hydrogen (secondary N) is 2. The number of fused-ring (bicyclic) bond motifs is 2. The number of aliphatic hydroxyl groups excluding tert-OH is 1. The summed E-state index contributed by atoms with van der Waals surface area (Å²) in [5.74, 6) is -0.467. The number of unbranched alkanes of at least 4 members (excludes halogenated alkanes) is 1. The van der Waals surface area contributed by atoms with Gasteiger partial charge in [0.05, 0.1) is 6.42 Å². The van der Waals surface area contributed by atoms with Crippen LogP contribution in [-0.2, 0) is 17.6 Å². The maximum absolute atomic E-state index is 13.3. The molecule has 1 amide bonds. The normalized spacial score (nSPS) is 15.7. The van der Waals surface area contributed by atoms with Gasteiger partial charge in [-0.3, -0.25) is 10.2 Å². The minimum atomic E-state index is -0.630. The average molecular weight is 514 g/mol. The molecule has 3 N–H and O–H groups in total. The highest BCUT2D eigenvalue weighted by atomic mass is 16.5. The van der Waals surface area contributed by atoms with Crippen LogP contribution >= 0.6 is 0 Å². The molecule has 1 aliphatic carbocycles. The van der Waals surface area contributed by atoms with E-state index in [2.05, 4.69) is 32.8 Å². The van der Waals surface area contributed by atoms with E-state index in [4.69, 9.17) is 14.3 Å². The van der Waals surface area contributed by atoms with Gasteiger partial charge in [0, 0.05) is 18.2 Å². The maximum Gasteiger partial charge on any atom is 0.265 e. The van der Waals surface area contributed by atoms with Crippen molar-refractivity contribution in [1.82, 2.24) is 20.7 Å². The molecule has 1 atom stereocenters. The van der Waals surface area contributed by atoms with Crippen molar-refractivity contribution in [3.05, 3.63) is 82.9 Å². The van der Waals surface area contributed by atoms with Crippen LogP contribution in [0.2, 0.25) is 0 Å². The van der Waals surface area contributed by atoms with Gasteiger partial charge in [0.1, 0.15) is 22.9 Å². The number of amidine groups is 1. The first-order valence-electron chi connectivity index (χ1n) is 13.1. The van der Waals surface area contributed by atoms with Crippen LogP contribution in [-0.4, -0.2) is 32.2 Å². The lowest BCUT2D eigenvalue weighted by Crippen LogP contribution is -2.31. The molecule has 0 saturated carbocycles. The molecule has 0 fully saturated rings. The third kappa shape index (κ3) is 5.51. The second-order valence-corrected chi connectivity index (χ2v) is 9.65. The van der Waals surface area contributed by atoms with E-state index in [-0.39, 0.29) is 47.7 Å². The number of allylic oxidation sites excluding steroid dienone is 1. The number of carbonyl (C=O) groups is 1. The van der Waals surface area contributed by atoms with E-state index in [1.54, 1.807) is 0 Å². The van der Waals surface area contributed by atoms with Crippen molar-refractivity contribution in [3.63, 3.8) is 0 Å². The fraction of sp³-hybridized carbons (Fsp3) is 0.345. The molecule has 0 bridgehead atoms. The number of aromatic nitrogens is 3. The van der Waals surface area contributed by atoms with Crippen LogP contribution in [0.3, 0.4) is 0 Å². The lowest BCUT2D eigenvalue weighted by Gasteiger charge is -2.25. The van der Waals surface area contributed by atoms with E-state index >= 15 is 0 Å². The highest BCUT2D eigenvalue weighted by molar-refractivity contribution is 6.23. The molecule has 0 spiro atoms. The summed E-state index contributed by atoms with van der Waals surface area (Å²) in [6, 6.07) is 15.7. The second kappa shape index (κ2) is 11.4. The summed E-state index contributed by atoms with van der Waals surface area (Å²) in [5, 5.41) is 35.2. The largest absolute Gasteiger partial charge is 0.511 e. The van der Waals surface area contributed by atoms with Gasteiger partial charge in [-0.2, -0.15) is 0 Å². The zero-order valence-electron chi connectivity index (χ0n) is 21.4. The second-order valence-electron chi connectivity index (χ2n) is 9.65. The van der Waals surface area contributed by atoms with Crippen molar-refractivity contribution < 1.29 is 18.8 Å². The van der Waals surface area contributed by atoms with Gasteiger partial charge in [-0.05, 0) is 54.9 Å². The maximum atomic E-state index is 13.3. The SMILES string of the molecule is CCCCC(=N)NC(=O)C(=C(O)C[C@H]1CCCc2ccccc21)c1nnc(Cc2noc3ccccc23)o1. The van der Waals surface area contributed by atoms with Gasteiger partial charge in [0.15, 0.2) is 5.58 Å². The van der Waals surface area contributed by atoms with Crippen molar-refractivity contribution in [2.45, 2.75) is 64.2 Å². The predicted octanol–water partition coefficient (Wildman–Crippen LogP) is 5.86. The van der Waals surface area contributed by atoms with Crippen LogP contribution in [0, 0.1) is 5.41 Å². The Morgan fingerprint density at radius 1 is 1.16 bits per heavy atom. The number of carbonyl (C=O) groups excluding carboxylic acids is 1. The third-order valence-electron chi connectivity index (χ3n) is 6.95. The number of nitrogens with zero attached hydrogens (tertiary/aromatic N) is 3. The lowest BCUT2D eigenvalue weighted by atomic mass is 9.80. The van der Waals surface area contributed by atoms with Gasteiger partial charge < -0.3 is 19.4 Å². The molecule has 2 aromatic heterocycles. The molecule has 9 nitrogen and oxygen atoms in total. The van der Waals surface area contributed by atoms with Crippen LogP contribution in [0.25, 0.3) is 16.5 Å². The first-order valence-corrected chi connectivity index (χ1v) is 13.1. The van der Waals surface area contributed by atoms with E-state index in [1.807, 2.05) is 43.3 Å². The molecular weight excluding hydrogens is 482 g/mol. The number of para-hydroxylation sites is 1. The Kier molecular flexibility index (Phi) is 7.62. The van der Waals surface area contributed by atoms with Gasteiger partial charge in [-0.25, -0.2) is 0 Å². The van der Waals surface area contributed by atoms with Gasteiger partial charge in [0.2, 0.25) is 5.89 Å². The number of benzene rings is 2. The molecule has 196 valence electrons. The molecule has 2 aromatic carbocycles. The fourth-order valence-electron chi connectivity index (χ4n) is 5.00.